The average molecular weight is 413 g/mol. The van der Waals surface area contributed by atoms with Gasteiger partial charge in [0.25, 0.3) is 0 Å². The van der Waals surface area contributed by atoms with E-state index in [9.17, 15) is 0 Å². The van der Waals surface area contributed by atoms with Gasteiger partial charge in [0.1, 0.15) is 0 Å². The highest BCUT2D eigenvalue weighted by Gasteiger charge is 2.32. The van der Waals surface area contributed by atoms with E-state index in [0.29, 0.717) is 0 Å². The zero-order valence-corrected chi connectivity index (χ0v) is 20.6. The van der Waals surface area contributed by atoms with Crippen LogP contribution >= 0.6 is 0 Å². The van der Waals surface area contributed by atoms with E-state index in [1.165, 1.54) is 77.0 Å². The molecule has 0 radical (unpaired) electrons. The smallest absolute Gasteiger partial charge is 0.0315 e. The predicted octanol–water partition coefficient (Wildman–Crippen LogP) is 9.88. The molecule has 0 aromatic rings. The van der Waals surface area contributed by atoms with E-state index in [-0.39, 0.29) is 0 Å². The molecule has 0 aromatic heterocycles. The molecule has 4 aliphatic rings. The molecular formula is C30H52. The molecule has 4 fully saturated rings. The summed E-state index contributed by atoms with van der Waals surface area (Å²) >= 11 is 0. The molecule has 0 bridgehead atoms. The Morgan fingerprint density at radius 3 is 1.03 bits per heavy atom. The van der Waals surface area contributed by atoms with Crippen LogP contribution in [0.3, 0.4) is 0 Å². The maximum Gasteiger partial charge on any atom is -0.0315 e. The fraction of sp³-hybridized carbons (Fsp3) is 0.933. The molecule has 172 valence electrons. The van der Waals surface area contributed by atoms with Crippen molar-refractivity contribution in [3.8, 4) is 0 Å². The average Bonchev–Trinajstić information content (AvgIpc) is 2.81. The lowest BCUT2D eigenvalue weighted by Crippen LogP contribution is -2.26. The third-order valence-corrected chi connectivity index (χ3v) is 10.3. The van der Waals surface area contributed by atoms with Gasteiger partial charge in [-0.3, -0.25) is 0 Å². The van der Waals surface area contributed by atoms with E-state index in [4.69, 9.17) is 0 Å². The molecule has 0 aliphatic heterocycles. The maximum atomic E-state index is 2.37. The van der Waals surface area contributed by atoms with Crippen LogP contribution in [0.25, 0.3) is 0 Å². The molecule has 4 aliphatic carbocycles. The predicted molar refractivity (Wildman–Crippen MR) is 132 cm³/mol. The van der Waals surface area contributed by atoms with E-state index in [1.54, 1.807) is 51.4 Å². The lowest BCUT2D eigenvalue weighted by molar-refractivity contribution is 0.168. The fourth-order valence-electron chi connectivity index (χ4n) is 8.34. The standard InChI is InChI=1S/C30H52/c1-3-5-23-7-11-25(12-8-23)27-15-19-29(20-16-27)30-21-17-28(18-22-30)26-13-9-24(6-4-2)10-14-26/h23-28H,3-22H2,1-2H3. The molecule has 0 unspecified atom stereocenters. The van der Waals surface area contributed by atoms with Crippen LogP contribution in [0.4, 0.5) is 0 Å². The number of allylic oxidation sites excluding steroid dienone is 2. The summed E-state index contributed by atoms with van der Waals surface area (Å²) < 4.78 is 0. The summed E-state index contributed by atoms with van der Waals surface area (Å²) in [7, 11) is 0. The van der Waals surface area contributed by atoms with Crippen molar-refractivity contribution in [1.82, 2.24) is 0 Å². The first-order valence-corrected chi connectivity index (χ1v) is 14.5. The Kier molecular flexibility index (Phi) is 8.83. The topological polar surface area (TPSA) is 0 Å². The second kappa shape index (κ2) is 11.6. The van der Waals surface area contributed by atoms with Gasteiger partial charge in [0, 0.05) is 0 Å². The Labute approximate surface area is 189 Å². The monoisotopic (exact) mass is 412 g/mol. The quantitative estimate of drug-likeness (QED) is 0.381. The molecule has 4 saturated carbocycles. The highest BCUT2D eigenvalue weighted by atomic mass is 14.4. The second-order valence-electron chi connectivity index (χ2n) is 12.0. The minimum atomic E-state index is 1.07. The Morgan fingerprint density at radius 1 is 0.433 bits per heavy atom. The van der Waals surface area contributed by atoms with Crippen LogP contribution in [0.5, 0.6) is 0 Å². The van der Waals surface area contributed by atoms with Gasteiger partial charge in [-0.2, -0.15) is 0 Å². The summed E-state index contributed by atoms with van der Waals surface area (Å²) in [6, 6.07) is 0. The van der Waals surface area contributed by atoms with Gasteiger partial charge in [-0.25, -0.2) is 0 Å². The van der Waals surface area contributed by atoms with Gasteiger partial charge in [0.15, 0.2) is 0 Å². The lowest BCUT2D eigenvalue weighted by atomic mass is 9.67. The molecular weight excluding hydrogens is 360 g/mol. The highest BCUT2D eigenvalue weighted by molar-refractivity contribution is 5.18. The van der Waals surface area contributed by atoms with Gasteiger partial charge in [0.2, 0.25) is 0 Å². The summed E-state index contributed by atoms with van der Waals surface area (Å²) in [5, 5.41) is 0. The summed E-state index contributed by atoms with van der Waals surface area (Å²) in [6.45, 7) is 4.74. The summed E-state index contributed by atoms with van der Waals surface area (Å²) in [4.78, 5) is 0. The van der Waals surface area contributed by atoms with Gasteiger partial charge in [-0.05, 0) is 113 Å². The SMILES string of the molecule is CCCC1CCC(C2CCC(=C3CCC(C4CCC(CCC)CC4)CC3)CC2)CC1. The van der Waals surface area contributed by atoms with Crippen LogP contribution in [-0.4, -0.2) is 0 Å². The second-order valence-corrected chi connectivity index (χ2v) is 12.0. The Balaban J connectivity index is 1.18. The van der Waals surface area contributed by atoms with Crippen molar-refractivity contribution in [2.75, 3.05) is 0 Å². The third kappa shape index (κ3) is 5.95. The molecule has 0 nitrogen and oxygen atoms in total. The van der Waals surface area contributed by atoms with E-state index < -0.39 is 0 Å². The van der Waals surface area contributed by atoms with Gasteiger partial charge in [-0.15, -0.1) is 0 Å². The lowest BCUT2D eigenvalue weighted by Gasteiger charge is -2.39. The van der Waals surface area contributed by atoms with E-state index in [0.717, 1.165) is 35.5 Å². The van der Waals surface area contributed by atoms with Crippen molar-refractivity contribution in [2.24, 2.45) is 35.5 Å². The van der Waals surface area contributed by atoms with Crippen molar-refractivity contribution < 1.29 is 0 Å². The molecule has 0 aromatic carbocycles. The zero-order chi connectivity index (χ0) is 20.8. The fourth-order valence-corrected chi connectivity index (χ4v) is 8.34. The molecule has 4 rings (SSSR count). The number of rotatable bonds is 6. The number of hydrogen-bond donors (Lipinski definition) is 0. The van der Waals surface area contributed by atoms with Gasteiger partial charge in [0.05, 0.1) is 0 Å². The highest BCUT2D eigenvalue weighted by Crippen LogP contribution is 2.46. The largest absolute Gasteiger partial charge is 0.0710 e. The summed E-state index contributed by atoms with van der Waals surface area (Å²) in [6.07, 6.45) is 30.2. The number of hydrogen-bond acceptors (Lipinski definition) is 0. The van der Waals surface area contributed by atoms with Crippen LogP contribution in [0.1, 0.15) is 142 Å². The normalized spacial score (nSPS) is 38.6. The summed E-state index contributed by atoms with van der Waals surface area (Å²) in [5.41, 5.74) is 3.88. The molecule has 0 atom stereocenters. The van der Waals surface area contributed by atoms with Crippen molar-refractivity contribution in [3.63, 3.8) is 0 Å². The van der Waals surface area contributed by atoms with Crippen LogP contribution < -0.4 is 0 Å². The minimum Gasteiger partial charge on any atom is -0.0710 e. The van der Waals surface area contributed by atoms with Crippen LogP contribution in [0, 0.1) is 35.5 Å². The van der Waals surface area contributed by atoms with Gasteiger partial charge < -0.3 is 0 Å². The van der Waals surface area contributed by atoms with Crippen molar-refractivity contribution in [1.29, 1.82) is 0 Å². The van der Waals surface area contributed by atoms with Crippen LogP contribution in [0.2, 0.25) is 0 Å². The van der Waals surface area contributed by atoms with Gasteiger partial charge in [-0.1, -0.05) is 76.4 Å². The van der Waals surface area contributed by atoms with Crippen molar-refractivity contribution in [2.45, 2.75) is 142 Å². The van der Waals surface area contributed by atoms with Crippen LogP contribution in [0.15, 0.2) is 11.1 Å². The first kappa shape index (κ1) is 22.9. The molecule has 30 heavy (non-hydrogen) atoms. The zero-order valence-electron chi connectivity index (χ0n) is 20.6. The van der Waals surface area contributed by atoms with E-state index in [1.807, 2.05) is 11.1 Å². The summed E-state index contributed by atoms with van der Waals surface area (Å²) in [5.74, 6) is 6.47. The molecule has 0 heteroatoms. The molecule has 0 amide bonds. The Bertz CT molecular complexity index is 458. The minimum absolute atomic E-state index is 1.07. The molecule has 0 N–H and O–H groups in total. The van der Waals surface area contributed by atoms with Crippen molar-refractivity contribution >= 4 is 0 Å². The first-order valence-electron chi connectivity index (χ1n) is 14.5. The Morgan fingerprint density at radius 2 is 0.733 bits per heavy atom. The van der Waals surface area contributed by atoms with E-state index >= 15 is 0 Å². The first-order chi connectivity index (χ1) is 14.8. The maximum absolute atomic E-state index is 2.37. The van der Waals surface area contributed by atoms with Crippen molar-refractivity contribution in [3.05, 3.63) is 11.1 Å². The van der Waals surface area contributed by atoms with E-state index in [2.05, 4.69) is 13.8 Å². The van der Waals surface area contributed by atoms with Crippen LogP contribution in [-0.2, 0) is 0 Å². The molecule has 0 heterocycles. The third-order valence-electron chi connectivity index (χ3n) is 10.3. The van der Waals surface area contributed by atoms with Gasteiger partial charge >= 0.3 is 0 Å². The molecule has 0 spiro atoms. The molecule has 0 saturated heterocycles. The Hall–Kier alpha value is -0.260.